The lowest BCUT2D eigenvalue weighted by Gasteiger charge is -2.13. The number of anilines is 1. The first-order valence-corrected chi connectivity index (χ1v) is 7.91. The lowest BCUT2D eigenvalue weighted by Crippen LogP contribution is -2.18. The van der Waals surface area contributed by atoms with Crippen LogP contribution in [0.3, 0.4) is 0 Å². The fraction of sp³-hybridized carbons (Fsp3) is 0.267. The molecule has 0 bridgehead atoms. The summed E-state index contributed by atoms with van der Waals surface area (Å²) in [5.41, 5.74) is -1.15. The molecule has 1 heterocycles. The molecular formula is C15H15F3N4OS. The third-order valence-electron chi connectivity index (χ3n) is 3.05. The van der Waals surface area contributed by atoms with Gasteiger partial charge in [-0.1, -0.05) is 30.0 Å². The maximum absolute atomic E-state index is 12.9. The van der Waals surface area contributed by atoms with Gasteiger partial charge in [-0.25, -0.2) is 0 Å². The van der Waals surface area contributed by atoms with Crippen LogP contribution in [0.5, 0.6) is 0 Å². The van der Waals surface area contributed by atoms with Gasteiger partial charge in [0.25, 0.3) is 0 Å². The third-order valence-corrected chi connectivity index (χ3v) is 4.02. The fourth-order valence-electron chi connectivity index (χ4n) is 1.96. The van der Waals surface area contributed by atoms with Crippen LogP contribution in [-0.4, -0.2) is 26.4 Å². The molecule has 0 aliphatic carbocycles. The Morgan fingerprint density at radius 1 is 1.38 bits per heavy atom. The molecule has 2 rings (SSSR count). The summed E-state index contributed by atoms with van der Waals surface area (Å²) in [6.45, 7) is 5.88. The highest BCUT2D eigenvalue weighted by atomic mass is 32.2. The maximum Gasteiger partial charge on any atom is 0.418 e. The number of rotatable bonds is 6. The summed E-state index contributed by atoms with van der Waals surface area (Å²) < 4.78 is 40.5. The summed E-state index contributed by atoms with van der Waals surface area (Å²) in [5, 5.41) is 10.6. The molecule has 9 heteroatoms. The molecule has 0 fully saturated rings. The van der Waals surface area contributed by atoms with Crippen LogP contribution in [0.1, 0.15) is 11.4 Å². The molecule has 2 aromatic rings. The predicted octanol–water partition coefficient (Wildman–Crippen LogP) is 3.52. The number of hydrogen-bond acceptors (Lipinski definition) is 4. The van der Waals surface area contributed by atoms with Crippen molar-refractivity contribution in [3.8, 4) is 0 Å². The summed E-state index contributed by atoms with van der Waals surface area (Å²) in [4.78, 5) is 12.0. The van der Waals surface area contributed by atoms with Gasteiger partial charge in [0.15, 0.2) is 5.16 Å². The zero-order valence-corrected chi connectivity index (χ0v) is 13.6. The van der Waals surface area contributed by atoms with Gasteiger partial charge in [-0.05, 0) is 19.1 Å². The number of nitrogens with zero attached hydrogens (tertiary/aromatic N) is 3. The molecule has 1 amide bonds. The SMILES string of the molecule is C=CCn1c(C)nnc1SCC(=O)Nc1ccccc1C(F)(F)F. The number of alkyl halides is 3. The van der Waals surface area contributed by atoms with Gasteiger partial charge in [-0.2, -0.15) is 13.2 Å². The van der Waals surface area contributed by atoms with E-state index in [4.69, 9.17) is 0 Å². The van der Waals surface area contributed by atoms with Crippen molar-refractivity contribution >= 4 is 23.4 Å². The second-order valence-corrected chi connectivity index (χ2v) is 5.75. The standard InChI is InChI=1S/C15H15F3N4OS/c1-3-8-22-10(2)20-21-14(22)24-9-13(23)19-12-7-5-4-6-11(12)15(16,17)18/h3-7H,1,8-9H2,2H3,(H,19,23). The molecule has 0 radical (unpaired) electrons. The summed E-state index contributed by atoms with van der Waals surface area (Å²) in [5.74, 6) is 0.0318. The molecule has 0 spiro atoms. The van der Waals surface area contributed by atoms with Crippen molar-refractivity contribution in [1.29, 1.82) is 0 Å². The van der Waals surface area contributed by atoms with Crippen molar-refractivity contribution in [1.82, 2.24) is 14.8 Å². The Bertz CT molecular complexity index is 743. The van der Waals surface area contributed by atoms with Gasteiger partial charge >= 0.3 is 6.18 Å². The van der Waals surface area contributed by atoms with Gasteiger partial charge in [0.05, 0.1) is 17.0 Å². The number of halogens is 3. The minimum atomic E-state index is -4.53. The molecule has 0 saturated carbocycles. The summed E-state index contributed by atoms with van der Waals surface area (Å²) >= 11 is 1.10. The molecule has 1 aromatic heterocycles. The summed E-state index contributed by atoms with van der Waals surface area (Å²) in [7, 11) is 0. The second-order valence-electron chi connectivity index (χ2n) is 4.81. The van der Waals surface area contributed by atoms with Crippen molar-refractivity contribution in [3.63, 3.8) is 0 Å². The molecule has 0 aliphatic rings. The molecule has 1 aromatic carbocycles. The molecule has 0 saturated heterocycles. The van der Waals surface area contributed by atoms with Gasteiger partial charge < -0.3 is 9.88 Å². The normalized spacial score (nSPS) is 11.3. The van der Waals surface area contributed by atoms with Gasteiger partial charge in [0.2, 0.25) is 5.91 Å². The van der Waals surface area contributed by atoms with Crippen molar-refractivity contribution < 1.29 is 18.0 Å². The van der Waals surface area contributed by atoms with Crippen LogP contribution < -0.4 is 5.32 Å². The van der Waals surface area contributed by atoms with Crippen LogP contribution in [0, 0.1) is 6.92 Å². The van der Waals surface area contributed by atoms with E-state index >= 15 is 0 Å². The number of benzene rings is 1. The number of aromatic nitrogens is 3. The minimum absolute atomic E-state index is 0.0819. The molecule has 24 heavy (non-hydrogen) atoms. The Morgan fingerprint density at radius 3 is 2.75 bits per heavy atom. The topological polar surface area (TPSA) is 59.8 Å². The largest absolute Gasteiger partial charge is 0.418 e. The fourth-order valence-corrected chi connectivity index (χ4v) is 2.76. The molecule has 0 unspecified atom stereocenters. The molecule has 1 N–H and O–H groups in total. The number of hydrogen-bond donors (Lipinski definition) is 1. The van der Waals surface area contributed by atoms with Crippen molar-refractivity contribution in [2.24, 2.45) is 0 Å². The van der Waals surface area contributed by atoms with E-state index in [2.05, 4.69) is 22.1 Å². The third kappa shape index (κ3) is 4.38. The van der Waals surface area contributed by atoms with E-state index in [-0.39, 0.29) is 11.4 Å². The van der Waals surface area contributed by atoms with Crippen LogP contribution in [0.2, 0.25) is 0 Å². The van der Waals surface area contributed by atoms with E-state index in [1.54, 1.807) is 17.6 Å². The zero-order chi connectivity index (χ0) is 17.7. The Kier molecular flexibility index (Phi) is 5.66. The molecule has 128 valence electrons. The summed E-state index contributed by atoms with van der Waals surface area (Å²) in [6.07, 6.45) is -2.86. The van der Waals surface area contributed by atoms with Crippen molar-refractivity contribution in [2.75, 3.05) is 11.1 Å². The lowest BCUT2D eigenvalue weighted by molar-refractivity contribution is -0.137. The number of para-hydroxylation sites is 1. The number of allylic oxidation sites excluding steroid dienone is 1. The number of amides is 1. The minimum Gasteiger partial charge on any atom is -0.325 e. The Labute approximate surface area is 141 Å². The average Bonchev–Trinajstić information content (AvgIpc) is 2.86. The Balaban J connectivity index is 2.04. The van der Waals surface area contributed by atoms with Crippen molar-refractivity contribution in [3.05, 3.63) is 48.3 Å². The maximum atomic E-state index is 12.9. The average molecular weight is 356 g/mol. The first-order valence-electron chi connectivity index (χ1n) is 6.92. The highest BCUT2D eigenvalue weighted by molar-refractivity contribution is 7.99. The number of carbonyl (C=O) groups is 1. The van der Waals surface area contributed by atoms with Crippen LogP contribution in [0.25, 0.3) is 0 Å². The zero-order valence-electron chi connectivity index (χ0n) is 12.8. The second kappa shape index (κ2) is 7.52. The quantitative estimate of drug-likeness (QED) is 0.635. The first kappa shape index (κ1) is 18.1. The van der Waals surface area contributed by atoms with Crippen molar-refractivity contribution in [2.45, 2.75) is 24.8 Å². The van der Waals surface area contributed by atoms with E-state index in [1.807, 2.05) is 0 Å². The highest BCUT2D eigenvalue weighted by Gasteiger charge is 2.33. The van der Waals surface area contributed by atoms with Gasteiger partial charge in [0, 0.05) is 6.54 Å². The number of thioether (sulfide) groups is 1. The van der Waals surface area contributed by atoms with Crippen LogP contribution in [0.4, 0.5) is 18.9 Å². The predicted molar refractivity (Wildman–Crippen MR) is 85.8 cm³/mol. The van der Waals surface area contributed by atoms with Crippen LogP contribution in [0.15, 0.2) is 42.1 Å². The van der Waals surface area contributed by atoms with Crippen LogP contribution >= 0.6 is 11.8 Å². The number of carbonyl (C=O) groups excluding carboxylic acids is 1. The number of aryl methyl sites for hydroxylation is 1. The smallest absolute Gasteiger partial charge is 0.325 e. The summed E-state index contributed by atoms with van der Waals surface area (Å²) in [6, 6.07) is 4.85. The van der Waals surface area contributed by atoms with Gasteiger partial charge in [0.1, 0.15) is 5.82 Å². The Morgan fingerprint density at radius 2 is 2.08 bits per heavy atom. The van der Waals surface area contributed by atoms with Gasteiger partial charge in [-0.3, -0.25) is 4.79 Å². The van der Waals surface area contributed by atoms with Crippen LogP contribution in [-0.2, 0) is 17.5 Å². The van der Waals surface area contributed by atoms with E-state index in [0.717, 1.165) is 17.8 Å². The van der Waals surface area contributed by atoms with Gasteiger partial charge in [-0.15, -0.1) is 16.8 Å². The first-order chi connectivity index (χ1) is 11.3. The highest BCUT2D eigenvalue weighted by Crippen LogP contribution is 2.34. The molecular weight excluding hydrogens is 341 g/mol. The van der Waals surface area contributed by atoms with E-state index in [0.29, 0.717) is 17.5 Å². The Hall–Kier alpha value is -2.29. The van der Waals surface area contributed by atoms with E-state index in [1.165, 1.54) is 18.2 Å². The lowest BCUT2D eigenvalue weighted by atomic mass is 10.1. The van der Waals surface area contributed by atoms with E-state index in [9.17, 15) is 18.0 Å². The van der Waals surface area contributed by atoms with E-state index < -0.39 is 17.6 Å². The monoisotopic (exact) mass is 356 g/mol. The molecule has 0 aliphatic heterocycles. The molecule has 0 atom stereocenters. The number of nitrogens with one attached hydrogen (secondary N) is 1. The molecule has 5 nitrogen and oxygen atoms in total.